The number of rotatable bonds is 5. The third kappa shape index (κ3) is 4.11. The van der Waals surface area contributed by atoms with Gasteiger partial charge in [-0.15, -0.1) is 0 Å². The van der Waals surface area contributed by atoms with E-state index in [4.69, 9.17) is 0 Å². The number of aromatic nitrogens is 1. The summed E-state index contributed by atoms with van der Waals surface area (Å²) in [6.45, 7) is 4.12. The van der Waals surface area contributed by atoms with Crippen LogP contribution in [0.15, 0.2) is 47.4 Å². The normalized spacial score (nSPS) is 15.3. The number of hydrogen-bond acceptors (Lipinski definition) is 4. The van der Waals surface area contributed by atoms with Gasteiger partial charge in [0.2, 0.25) is 0 Å². The second-order valence-corrected chi connectivity index (χ2v) is 8.24. The van der Waals surface area contributed by atoms with Crippen LogP contribution in [0.1, 0.15) is 27.2 Å². The van der Waals surface area contributed by atoms with Gasteiger partial charge in [-0.1, -0.05) is 18.2 Å². The van der Waals surface area contributed by atoms with E-state index < -0.39 is 17.0 Å². The molecule has 2 aromatic carbocycles. The van der Waals surface area contributed by atoms with Crippen molar-refractivity contribution in [1.29, 1.82) is 0 Å². The first kappa shape index (κ1) is 20.9. The van der Waals surface area contributed by atoms with Gasteiger partial charge in [-0.2, -0.15) is 0 Å². The van der Waals surface area contributed by atoms with E-state index >= 15 is 0 Å². The second-order valence-electron chi connectivity index (χ2n) is 7.25. The second kappa shape index (κ2) is 8.39. The Hall–Kier alpha value is -3.39. The average Bonchev–Trinajstić information content (AvgIpc) is 3.18. The highest BCUT2D eigenvalue weighted by Crippen LogP contribution is 2.32. The summed E-state index contributed by atoms with van der Waals surface area (Å²) in [5.74, 6) is -1.24. The number of nitrogens with zero attached hydrogens (tertiary/aromatic N) is 1. The molecule has 0 saturated carbocycles. The van der Waals surface area contributed by atoms with E-state index in [9.17, 15) is 18.8 Å². The van der Waals surface area contributed by atoms with Crippen LogP contribution in [0.3, 0.4) is 0 Å². The van der Waals surface area contributed by atoms with Crippen LogP contribution in [-0.4, -0.2) is 40.0 Å². The molecule has 2 heterocycles. The Labute approximate surface area is 182 Å². The Morgan fingerprint density at radius 2 is 1.97 bits per heavy atom. The van der Waals surface area contributed by atoms with Crippen LogP contribution in [0.5, 0.6) is 0 Å². The maximum atomic E-state index is 13.8. The molecule has 3 aromatic rings. The van der Waals surface area contributed by atoms with Gasteiger partial charge in [0.05, 0.1) is 4.91 Å². The Balaban J connectivity index is 1.40. The molecule has 6 nitrogen and oxygen atoms in total. The number of benzene rings is 2. The maximum absolute atomic E-state index is 13.8. The van der Waals surface area contributed by atoms with E-state index in [-0.39, 0.29) is 29.5 Å². The minimum atomic E-state index is -0.493. The molecule has 158 valence electrons. The molecule has 0 bridgehead atoms. The van der Waals surface area contributed by atoms with Crippen LogP contribution in [0.25, 0.3) is 17.0 Å². The molecule has 0 unspecified atom stereocenters. The molecule has 0 radical (unpaired) electrons. The Kier molecular flexibility index (Phi) is 5.65. The van der Waals surface area contributed by atoms with E-state index in [1.807, 2.05) is 26.0 Å². The van der Waals surface area contributed by atoms with Crippen molar-refractivity contribution in [3.05, 3.63) is 75.6 Å². The van der Waals surface area contributed by atoms with Crippen LogP contribution in [0, 0.1) is 19.7 Å². The summed E-state index contributed by atoms with van der Waals surface area (Å²) in [4.78, 5) is 41.8. The molecule has 3 amide bonds. The van der Waals surface area contributed by atoms with Gasteiger partial charge in [0, 0.05) is 40.8 Å². The summed E-state index contributed by atoms with van der Waals surface area (Å²) < 4.78 is 13.8. The predicted octanol–water partition coefficient (Wildman–Crippen LogP) is 4.39. The molecular formula is C23H20FN3O3S. The molecular weight excluding hydrogens is 417 g/mol. The lowest BCUT2D eigenvalue weighted by Gasteiger charge is -2.13. The van der Waals surface area contributed by atoms with Crippen molar-refractivity contribution in [2.45, 2.75) is 13.8 Å². The summed E-state index contributed by atoms with van der Waals surface area (Å²) in [5.41, 5.74) is 3.85. The molecule has 0 spiro atoms. The molecule has 8 heteroatoms. The van der Waals surface area contributed by atoms with Gasteiger partial charge in [0.15, 0.2) is 0 Å². The van der Waals surface area contributed by atoms with Gasteiger partial charge in [0.1, 0.15) is 5.82 Å². The number of imide groups is 1. The van der Waals surface area contributed by atoms with Crippen molar-refractivity contribution in [3.63, 3.8) is 0 Å². The lowest BCUT2D eigenvalue weighted by Crippen LogP contribution is -2.37. The van der Waals surface area contributed by atoms with Crippen LogP contribution >= 0.6 is 11.8 Å². The molecule has 0 aliphatic carbocycles. The fraction of sp³-hybridized carbons (Fsp3) is 0.174. The summed E-state index contributed by atoms with van der Waals surface area (Å²) in [7, 11) is 0. The van der Waals surface area contributed by atoms with Gasteiger partial charge >= 0.3 is 0 Å². The third-order valence-corrected chi connectivity index (χ3v) is 6.16. The van der Waals surface area contributed by atoms with Gasteiger partial charge in [0.25, 0.3) is 17.1 Å². The van der Waals surface area contributed by atoms with Crippen molar-refractivity contribution in [2.75, 3.05) is 13.1 Å². The smallest absolute Gasteiger partial charge is 0.293 e. The standard InChI is InChI=1S/C23H20FN3O3S/c1-13-14(2)26-19-8-7-16(11-17(13)19)21(28)25-9-10-27-22(29)20(31-23(27)30)12-15-5-3-4-6-18(15)24/h3-8,11-12,26H,9-10H2,1-2H3,(H,25,28)/b20-12+. The number of aromatic amines is 1. The van der Waals surface area contributed by atoms with E-state index in [0.717, 1.165) is 38.8 Å². The van der Waals surface area contributed by atoms with Crippen LogP contribution in [0.2, 0.25) is 0 Å². The third-order valence-electron chi connectivity index (χ3n) is 5.26. The lowest BCUT2D eigenvalue weighted by molar-refractivity contribution is -0.122. The molecule has 2 N–H and O–H groups in total. The van der Waals surface area contributed by atoms with Gasteiger partial charge in [-0.05, 0) is 61.5 Å². The zero-order valence-corrected chi connectivity index (χ0v) is 17.8. The van der Waals surface area contributed by atoms with Gasteiger partial charge in [-0.25, -0.2) is 4.39 Å². The first-order chi connectivity index (χ1) is 14.8. The number of aryl methyl sites for hydroxylation is 2. The predicted molar refractivity (Wildman–Crippen MR) is 119 cm³/mol. The minimum Gasteiger partial charge on any atom is -0.358 e. The van der Waals surface area contributed by atoms with Crippen molar-refractivity contribution < 1.29 is 18.8 Å². The summed E-state index contributed by atoms with van der Waals surface area (Å²) >= 11 is 0.762. The van der Waals surface area contributed by atoms with Crippen molar-refractivity contribution in [2.24, 2.45) is 0 Å². The largest absolute Gasteiger partial charge is 0.358 e. The molecule has 1 saturated heterocycles. The highest BCUT2D eigenvalue weighted by atomic mass is 32.2. The molecule has 31 heavy (non-hydrogen) atoms. The van der Waals surface area contributed by atoms with Crippen molar-refractivity contribution >= 4 is 45.8 Å². The van der Waals surface area contributed by atoms with Crippen LogP contribution < -0.4 is 5.32 Å². The van der Waals surface area contributed by atoms with Crippen LogP contribution in [-0.2, 0) is 4.79 Å². The number of H-pyrrole nitrogens is 1. The van der Waals surface area contributed by atoms with E-state index in [1.165, 1.54) is 18.2 Å². The minimum absolute atomic E-state index is 0.0373. The number of carbonyl (C=O) groups is 3. The zero-order chi connectivity index (χ0) is 22.1. The molecule has 0 atom stereocenters. The maximum Gasteiger partial charge on any atom is 0.293 e. The number of amides is 3. The fourth-order valence-corrected chi connectivity index (χ4v) is 4.27. The number of hydrogen-bond donors (Lipinski definition) is 2. The van der Waals surface area contributed by atoms with Crippen LogP contribution in [0.4, 0.5) is 9.18 Å². The van der Waals surface area contributed by atoms with Crippen molar-refractivity contribution in [3.8, 4) is 0 Å². The molecule has 1 aliphatic rings. The molecule has 1 aliphatic heterocycles. The topological polar surface area (TPSA) is 82.3 Å². The Morgan fingerprint density at radius 3 is 2.74 bits per heavy atom. The highest BCUT2D eigenvalue weighted by Gasteiger charge is 2.34. The van der Waals surface area contributed by atoms with E-state index in [2.05, 4.69) is 10.3 Å². The SMILES string of the molecule is Cc1[nH]c2ccc(C(=O)NCCN3C(=O)S/C(=C/c4ccccc4F)C3=O)cc2c1C. The van der Waals surface area contributed by atoms with Gasteiger partial charge < -0.3 is 10.3 Å². The quantitative estimate of drug-likeness (QED) is 0.580. The van der Waals surface area contributed by atoms with Gasteiger partial charge in [-0.3, -0.25) is 19.3 Å². The number of nitrogens with one attached hydrogen (secondary N) is 2. The Morgan fingerprint density at radius 1 is 1.19 bits per heavy atom. The number of thioether (sulfide) groups is 1. The number of fused-ring (bicyclic) bond motifs is 1. The summed E-state index contributed by atoms with van der Waals surface area (Å²) in [6.07, 6.45) is 1.37. The molecule has 4 rings (SSSR count). The first-order valence-corrected chi connectivity index (χ1v) is 10.5. The van der Waals surface area contributed by atoms with E-state index in [1.54, 1.807) is 18.2 Å². The fourth-order valence-electron chi connectivity index (χ4n) is 3.41. The van der Waals surface area contributed by atoms with E-state index in [0.29, 0.717) is 5.56 Å². The summed E-state index contributed by atoms with van der Waals surface area (Å²) in [6, 6.07) is 11.4. The highest BCUT2D eigenvalue weighted by molar-refractivity contribution is 8.18. The number of carbonyl (C=O) groups excluding carboxylic acids is 3. The number of halogens is 1. The average molecular weight is 437 g/mol. The molecule has 1 aromatic heterocycles. The van der Waals surface area contributed by atoms with Crippen molar-refractivity contribution in [1.82, 2.24) is 15.2 Å². The lowest BCUT2D eigenvalue weighted by atomic mass is 10.1. The Bertz CT molecular complexity index is 1250. The summed E-state index contributed by atoms with van der Waals surface area (Å²) in [5, 5.41) is 3.29. The first-order valence-electron chi connectivity index (χ1n) is 9.72. The molecule has 1 fully saturated rings. The zero-order valence-electron chi connectivity index (χ0n) is 17.0. The monoisotopic (exact) mass is 437 g/mol.